The van der Waals surface area contributed by atoms with Crippen molar-refractivity contribution in [2.45, 2.75) is 94.4 Å². The van der Waals surface area contributed by atoms with Crippen molar-refractivity contribution in [2.24, 2.45) is 16.2 Å². The van der Waals surface area contributed by atoms with E-state index in [4.69, 9.17) is 0 Å². The highest BCUT2D eigenvalue weighted by Crippen LogP contribution is 2.26. The predicted molar refractivity (Wildman–Crippen MR) is 103 cm³/mol. The monoisotopic (exact) mass is 339 g/mol. The van der Waals surface area contributed by atoms with Crippen molar-refractivity contribution in [2.75, 3.05) is 13.1 Å². The summed E-state index contributed by atoms with van der Waals surface area (Å²) in [5.74, 6) is 0.692. The molecule has 1 aliphatic heterocycles. The molecule has 1 aliphatic rings. The van der Waals surface area contributed by atoms with Crippen LogP contribution >= 0.6 is 0 Å². The van der Waals surface area contributed by atoms with Crippen molar-refractivity contribution in [3.05, 3.63) is 0 Å². The normalized spacial score (nSPS) is 16.3. The van der Waals surface area contributed by atoms with Crippen LogP contribution in [0.4, 0.5) is 0 Å². The molecule has 142 valence electrons. The standard InChI is InChI=1S/C11H21NO.C10H20O/c1-11(2,3)9-10(13)12-7-5-4-6-8-12;1-9(2,3)7-8(11)10(4,5)6/h4-9H2,1-3H3;7H2,1-6H3. The van der Waals surface area contributed by atoms with E-state index in [2.05, 4.69) is 41.5 Å². The third kappa shape index (κ3) is 11.6. The molecular formula is C21H41NO2. The van der Waals surface area contributed by atoms with Crippen LogP contribution in [0.25, 0.3) is 0 Å². The largest absolute Gasteiger partial charge is 0.343 e. The molecule has 0 aromatic heterocycles. The van der Waals surface area contributed by atoms with Crippen LogP contribution in [0.5, 0.6) is 0 Å². The SMILES string of the molecule is CC(C)(C)CC(=O)C(C)(C)C.CC(C)(C)CC(=O)N1CCCCC1. The summed E-state index contributed by atoms with van der Waals surface area (Å²) >= 11 is 0. The van der Waals surface area contributed by atoms with E-state index in [1.807, 2.05) is 25.7 Å². The van der Waals surface area contributed by atoms with Gasteiger partial charge in [0.15, 0.2) is 0 Å². The summed E-state index contributed by atoms with van der Waals surface area (Å²) in [5.41, 5.74) is 0.0895. The summed E-state index contributed by atoms with van der Waals surface area (Å²) in [5, 5.41) is 0. The quantitative estimate of drug-likeness (QED) is 0.668. The number of carbonyl (C=O) groups is 2. The summed E-state index contributed by atoms with van der Waals surface area (Å²) in [4.78, 5) is 25.2. The zero-order valence-corrected chi connectivity index (χ0v) is 17.7. The van der Waals surface area contributed by atoms with E-state index in [0.717, 1.165) is 13.1 Å². The number of Topliss-reactive ketones (excluding diaryl/α,β-unsaturated/α-hetero) is 1. The molecule has 0 N–H and O–H groups in total. The van der Waals surface area contributed by atoms with Gasteiger partial charge in [-0.05, 0) is 30.1 Å². The van der Waals surface area contributed by atoms with Gasteiger partial charge in [-0.25, -0.2) is 0 Å². The van der Waals surface area contributed by atoms with Gasteiger partial charge in [0.05, 0.1) is 0 Å². The van der Waals surface area contributed by atoms with E-state index in [1.165, 1.54) is 19.3 Å². The maximum absolute atomic E-state index is 11.7. The molecule has 1 rings (SSSR count). The molecule has 24 heavy (non-hydrogen) atoms. The number of piperidine rings is 1. The maximum Gasteiger partial charge on any atom is 0.223 e. The molecule has 0 radical (unpaired) electrons. The number of hydrogen-bond donors (Lipinski definition) is 0. The lowest BCUT2D eigenvalue weighted by atomic mass is 9.80. The molecule has 1 heterocycles. The van der Waals surface area contributed by atoms with Crippen molar-refractivity contribution in [1.82, 2.24) is 4.90 Å². The first kappa shape index (κ1) is 23.1. The molecule has 1 saturated heterocycles. The van der Waals surface area contributed by atoms with Crippen LogP contribution in [0.2, 0.25) is 0 Å². The first-order valence-corrected chi connectivity index (χ1v) is 9.43. The van der Waals surface area contributed by atoms with Crippen LogP contribution in [0.3, 0.4) is 0 Å². The van der Waals surface area contributed by atoms with E-state index in [1.54, 1.807) is 0 Å². The number of nitrogens with zero attached hydrogens (tertiary/aromatic N) is 1. The molecule has 0 spiro atoms. The minimum absolute atomic E-state index is 0.129. The lowest BCUT2D eigenvalue weighted by molar-refractivity contribution is -0.134. The molecule has 0 bridgehead atoms. The minimum Gasteiger partial charge on any atom is -0.343 e. The van der Waals surface area contributed by atoms with Crippen LogP contribution in [0, 0.1) is 16.2 Å². The topological polar surface area (TPSA) is 37.4 Å². The maximum atomic E-state index is 11.7. The summed E-state index contributed by atoms with van der Waals surface area (Å²) < 4.78 is 0. The third-order valence-electron chi connectivity index (χ3n) is 3.92. The first-order valence-electron chi connectivity index (χ1n) is 9.43. The first-order chi connectivity index (χ1) is 10.6. The van der Waals surface area contributed by atoms with Gasteiger partial charge in [-0.3, -0.25) is 9.59 Å². The van der Waals surface area contributed by atoms with Crippen LogP contribution < -0.4 is 0 Å². The van der Waals surface area contributed by atoms with Crippen molar-refractivity contribution >= 4 is 11.7 Å². The summed E-state index contributed by atoms with van der Waals surface area (Å²) in [6.07, 6.45) is 5.04. The van der Waals surface area contributed by atoms with Gasteiger partial charge in [0.2, 0.25) is 5.91 Å². The van der Waals surface area contributed by atoms with Crippen molar-refractivity contribution in [1.29, 1.82) is 0 Å². The molecule has 0 atom stereocenters. The van der Waals surface area contributed by atoms with Gasteiger partial charge in [0.25, 0.3) is 0 Å². The average molecular weight is 340 g/mol. The predicted octanol–water partition coefficient (Wildman–Crippen LogP) is 5.47. The number of carbonyl (C=O) groups excluding carboxylic acids is 2. The zero-order valence-electron chi connectivity index (χ0n) is 17.7. The van der Waals surface area contributed by atoms with Gasteiger partial charge in [0.1, 0.15) is 5.78 Å². The van der Waals surface area contributed by atoms with Gasteiger partial charge < -0.3 is 4.90 Å². The molecule has 0 aliphatic carbocycles. The fourth-order valence-electron chi connectivity index (χ4n) is 2.46. The van der Waals surface area contributed by atoms with Gasteiger partial charge in [-0.2, -0.15) is 0 Å². The van der Waals surface area contributed by atoms with Gasteiger partial charge in [0, 0.05) is 31.3 Å². The summed E-state index contributed by atoms with van der Waals surface area (Å²) in [7, 11) is 0. The van der Waals surface area contributed by atoms with Crippen molar-refractivity contribution in [3.63, 3.8) is 0 Å². The number of likely N-dealkylation sites (tertiary alicyclic amines) is 1. The molecule has 3 nitrogen and oxygen atoms in total. The Morgan fingerprint density at radius 1 is 0.708 bits per heavy atom. The number of amides is 1. The number of ketones is 1. The highest BCUT2D eigenvalue weighted by Gasteiger charge is 2.25. The lowest BCUT2D eigenvalue weighted by Gasteiger charge is -2.29. The highest BCUT2D eigenvalue weighted by atomic mass is 16.2. The fraction of sp³-hybridized carbons (Fsp3) is 0.905. The average Bonchev–Trinajstić information content (AvgIpc) is 2.35. The Bertz CT molecular complexity index is 399. The van der Waals surface area contributed by atoms with E-state index < -0.39 is 0 Å². The van der Waals surface area contributed by atoms with E-state index >= 15 is 0 Å². The molecule has 0 aromatic rings. The highest BCUT2D eigenvalue weighted by molar-refractivity contribution is 5.84. The summed E-state index contributed by atoms with van der Waals surface area (Å²) in [6, 6.07) is 0. The Labute approximate surface area is 150 Å². The molecular weight excluding hydrogens is 298 g/mol. The second kappa shape index (κ2) is 9.01. The van der Waals surface area contributed by atoms with E-state index in [-0.39, 0.29) is 16.2 Å². The second-order valence-electron chi connectivity index (χ2n) is 10.6. The van der Waals surface area contributed by atoms with Gasteiger partial charge in [-0.1, -0.05) is 62.3 Å². The number of hydrogen-bond acceptors (Lipinski definition) is 2. The minimum atomic E-state index is -0.173. The molecule has 1 amide bonds. The molecule has 0 aromatic carbocycles. The number of rotatable bonds is 2. The zero-order chi connectivity index (χ0) is 19.2. The lowest BCUT2D eigenvalue weighted by Crippen LogP contribution is -2.37. The third-order valence-corrected chi connectivity index (χ3v) is 3.92. The fourth-order valence-corrected chi connectivity index (χ4v) is 2.46. The van der Waals surface area contributed by atoms with Crippen molar-refractivity contribution < 1.29 is 9.59 Å². The Morgan fingerprint density at radius 2 is 1.12 bits per heavy atom. The smallest absolute Gasteiger partial charge is 0.223 e. The van der Waals surface area contributed by atoms with Crippen LogP contribution in [0.15, 0.2) is 0 Å². The summed E-state index contributed by atoms with van der Waals surface area (Å²) in [6.45, 7) is 20.5. The van der Waals surface area contributed by atoms with Crippen molar-refractivity contribution in [3.8, 4) is 0 Å². The van der Waals surface area contributed by atoms with Crippen LogP contribution in [-0.4, -0.2) is 29.7 Å². The Morgan fingerprint density at radius 3 is 1.42 bits per heavy atom. The van der Waals surface area contributed by atoms with Crippen LogP contribution in [0.1, 0.15) is 94.4 Å². The van der Waals surface area contributed by atoms with Gasteiger partial charge >= 0.3 is 0 Å². The molecule has 0 unspecified atom stereocenters. The van der Waals surface area contributed by atoms with E-state index in [9.17, 15) is 9.59 Å². The molecule has 0 saturated carbocycles. The molecule has 3 heteroatoms. The second-order valence-corrected chi connectivity index (χ2v) is 10.6. The Hall–Kier alpha value is -0.860. The Kier molecular flexibility index (Phi) is 8.69. The Balaban J connectivity index is 0.000000449. The van der Waals surface area contributed by atoms with E-state index in [0.29, 0.717) is 24.5 Å². The van der Waals surface area contributed by atoms with Gasteiger partial charge in [-0.15, -0.1) is 0 Å². The van der Waals surface area contributed by atoms with Crippen LogP contribution in [-0.2, 0) is 9.59 Å². The molecule has 1 fully saturated rings.